The zero-order chi connectivity index (χ0) is 20.3. The minimum atomic E-state index is -1.01. The zero-order valence-electron chi connectivity index (χ0n) is 15.1. The molecule has 1 aliphatic rings. The Bertz CT molecular complexity index is 932. The fraction of sp³-hybridized carbons (Fsp3) is 0.200. The van der Waals surface area contributed by atoms with E-state index in [2.05, 4.69) is 5.32 Å². The van der Waals surface area contributed by atoms with Crippen molar-refractivity contribution in [3.63, 3.8) is 0 Å². The van der Waals surface area contributed by atoms with Crippen LogP contribution < -0.4 is 5.32 Å². The third-order valence-electron chi connectivity index (χ3n) is 4.37. The summed E-state index contributed by atoms with van der Waals surface area (Å²) in [4.78, 5) is 50.6. The van der Waals surface area contributed by atoms with E-state index in [0.717, 1.165) is 4.90 Å². The van der Waals surface area contributed by atoms with Crippen LogP contribution in [0.2, 0.25) is 5.02 Å². The molecule has 1 aliphatic heterocycles. The number of imide groups is 2. The van der Waals surface area contributed by atoms with E-state index in [-0.39, 0.29) is 6.54 Å². The number of hydrogen-bond acceptors (Lipinski definition) is 4. The summed E-state index contributed by atoms with van der Waals surface area (Å²) < 4.78 is 0. The Kier molecular flexibility index (Phi) is 5.75. The number of urea groups is 1. The molecule has 8 heteroatoms. The molecule has 2 aromatic carbocycles. The van der Waals surface area contributed by atoms with E-state index in [0.29, 0.717) is 21.0 Å². The standard InChI is InChI=1S/C20H18ClN3O4/c1-13(15-9-5-6-10-16(15)21)22-17(25)12-24-19(27)18(26)23(20(24)28)11-14-7-3-2-4-8-14/h2-10,13H,11-12H2,1H3,(H,22,25)/t13-/m1/s1. The predicted molar refractivity (Wildman–Crippen MR) is 102 cm³/mol. The molecule has 2 aromatic rings. The predicted octanol–water partition coefficient (Wildman–Crippen LogP) is 2.51. The van der Waals surface area contributed by atoms with Crippen molar-refractivity contribution in [1.29, 1.82) is 0 Å². The minimum Gasteiger partial charge on any atom is -0.348 e. The van der Waals surface area contributed by atoms with Gasteiger partial charge >= 0.3 is 17.8 Å². The minimum absolute atomic E-state index is 0.0294. The van der Waals surface area contributed by atoms with E-state index in [1.165, 1.54) is 0 Å². The van der Waals surface area contributed by atoms with E-state index >= 15 is 0 Å². The van der Waals surface area contributed by atoms with Crippen LogP contribution in [0.4, 0.5) is 4.79 Å². The lowest BCUT2D eigenvalue weighted by atomic mass is 10.1. The molecule has 144 valence electrons. The Labute approximate surface area is 166 Å². The highest BCUT2D eigenvalue weighted by atomic mass is 35.5. The van der Waals surface area contributed by atoms with Gasteiger partial charge in [0, 0.05) is 5.02 Å². The molecule has 0 saturated carbocycles. The van der Waals surface area contributed by atoms with E-state index < -0.39 is 36.3 Å². The van der Waals surface area contributed by atoms with Crippen LogP contribution in [0.3, 0.4) is 0 Å². The van der Waals surface area contributed by atoms with Gasteiger partial charge in [0.15, 0.2) is 0 Å². The van der Waals surface area contributed by atoms with Gasteiger partial charge in [-0.2, -0.15) is 0 Å². The lowest BCUT2D eigenvalue weighted by Gasteiger charge is -2.18. The number of carbonyl (C=O) groups excluding carboxylic acids is 4. The number of amides is 5. The molecule has 1 fully saturated rings. The highest BCUT2D eigenvalue weighted by molar-refractivity contribution is 6.45. The van der Waals surface area contributed by atoms with Gasteiger partial charge in [0.05, 0.1) is 12.6 Å². The maximum Gasteiger partial charge on any atom is 0.335 e. The van der Waals surface area contributed by atoms with Crippen molar-refractivity contribution in [3.8, 4) is 0 Å². The summed E-state index contributed by atoms with van der Waals surface area (Å²) in [5, 5.41) is 3.18. The second kappa shape index (κ2) is 8.22. The van der Waals surface area contributed by atoms with Crippen molar-refractivity contribution in [2.45, 2.75) is 19.5 Å². The number of benzene rings is 2. The van der Waals surface area contributed by atoms with Gasteiger partial charge in [0.25, 0.3) is 0 Å². The number of hydrogen-bond donors (Lipinski definition) is 1. The Morgan fingerprint density at radius 2 is 1.57 bits per heavy atom. The molecule has 0 aromatic heterocycles. The molecule has 3 rings (SSSR count). The summed E-state index contributed by atoms with van der Waals surface area (Å²) in [6.07, 6.45) is 0. The Morgan fingerprint density at radius 3 is 2.25 bits per heavy atom. The van der Waals surface area contributed by atoms with Crippen molar-refractivity contribution in [3.05, 3.63) is 70.7 Å². The molecule has 0 bridgehead atoms. The monoisotopic (exact) mass is 399 g/mol. The van der Waals surface area contributed by atoms with Crippen LogP contribution in [-0.4, -0.2) is 40.1 Å². The summed E-state index contributed by atoms with van der Waals surface area (Å²) in [5.74, 6) is -2.52. The molecule has 0 aliphatic carbocycles. The first-order chi connectivity index (χ1) is 13.4. The lowest BCUT2D eigenvalue weighted by molar-refractivity contribution is -0.144. The second-order valence-electron chi connectivity index (χ2n) is 6.36. The molecular formula is C20H18ClN3O4. The first-order valence-electron chi connectivity index (χ1n) is 8.63. The Morgan fingerprint density at radius 1 is 0.964 bits per heavy atom. The van der Waals surface area contributed by atoms with Crippen LogP contribution in [0, 0.1) is 0 Å². The molecular weight excluding hydrogens is 382 g/mol. The summed E-state index contributed by atoms with van der Waals surface area (Å²) in [6.45, 7) is 1.17. The average molecular weight is 400 g/mol. The molecule has 0 spiro atoms. The van der Waals surface area contributed by atoms with Gasteiger partial charge in [-0.1, -0.05) is 60.1 Å². The summed E-state index contributed by atoms with van der Waals surface area (Å²) in [7, 11) is 0. The third kappa shape index (κ3) is 4.04. The molecule has 1 atom stereocenters. The van der Waals surface area contributed by atoms with E-state index in [1.54, 1.807) is 61.5 Å². The summed E-state index contributed by atoms with van der Waals surface area (Å²) >= 11 is 6.11. The Hall–Kier alpha value is -3.19. The highest BCUT2D eigenvalue weighted by Gasteiger charge is 2.45. The number of carbonyl (C=O) groups is 4. The van der Waals surface area contributed by atoms with Crippen LogP contribution in [0.25, 0.3) is 0 Å². The van der Waals surface area contributed by atoms with Crippen molar-refractivity contribution in [1.82, 2.24) is 15.1 Å². The molecule has 1 saturated heterocycles. The fourth-order valence-electron chi connectivity index (χ4n) is 2.93. The summed E-state index contributed by atoms with van der Waals surface area (Å²) in [6, 6.07) is 14.6. The SMILES string of the molecule is C[C@@H](NC(=O)CN1C(=O)C(=O)N(Cc2ccccc2)C1=O)c1ccccc1Cl. The smallest absolute Gasteiger partial charge is 0.335 e. The molecule has 28 heavy (non-hydrogen) atoms. The quantitative estimate of drug-likeness (QED) is 0.597. The van der Waals surface area contributed by atoms with Crippen LogP contribution in [0.1, 0.15) is 24.1 Å². The average Bonchev–Trinajstić information content (AvgIpc) is 2.87. The van der Waals surface area contributed by atoms with Gasteiger partial charge in [0.2, 0.25) is 5.91 Å². The van der Waals surface area contributed by atoms with Gasteiger partial charge in [-0.15, -0.1) is 0 Å². The van der Waals surface area contributed by atoms with Crippen molar-refractivity contribution in [2.75, 3.05) is 6.54 Å². The second-order valence-corrected chi connectivity index (χ2v) is 6.77. The fourth-order valence-corrected chi connectivity index (χ4v) is 3.23. The normalized spacial score (nSPS) is 15.1. The Balaban J connectivity index is 1.65. The van der Waals surface area contributed by atoms with Gasteiger partial charge < -0.3 is 5.32 Å². The van der Waals surface area contributed by atoms with Crippen LogP contribution in [0.15, 0.2) is 54.6 Å². The van der Waals surface area contributed by atoms with Gasteiger partial charge in [-0.3, -0.25) is 19.3 Å². The number of rotatable bonds is 6. The summed E-state index contributed by atoms with van der Waals surface area (Å²) in [5.41, 5.74) is 1.41. The molecule has 5 amide bonds. The van der Waals surface area contributed by atoms with Gasteiger partial charge in [-0.05, 0) is 24.1 Å². The first-order valence-corrected chi connectivity index (χ1v) is 9.01. The van der Waals surface area contributed by atoms with E-state index in [9.17, 15) is 19.2 Å². The van der Waals surface area contributed by atoms with Crippen LogP contribution in [-0.2, 0) is 20.9 Å². The number of nitrogens with one attached hydrogen (secondary N) is 1. The number of halogens is 1. The maximum atomic E-state index is 12.5. The van der Waals surface area contributed by atoms with E-state index in [1.807, 2.05) is 0 Å². The van der Waals surface area contributed by atoms with Crippen molar-refractivity contribution in [2.24, 2.45) is 0 Å². The molecule has 7 nitrogen and oxygen atoms in total. The van der Waals surface area contributed by atoms with Crippen LogP contribution in [0.5, 0.6) is 0 Å². The molecule has 1 N–H and O–H groups in total. The highest BCUT2D eigenvalue weighted by Crippen LogP contribution is 2.22. The number of nitrogens with zero attached hydrogens (tertiary/aromatic N) is 2. The third-order valence-corrected chi connectivity index (χ3v) is 4.71. The molecule has 0 unspecified atom stereocenters. The lowest BCUT2D eigenvalue weighted by Crippen LogP contribution is -2.42. The molecule has 1 heterocycles. The van der Waals surface area contributed by atoms with Gasteiger partial charge in [-0.25, -0.2) is 9.69 Å². The van der Waals surface area contributed by atoms with Crippen molar-refractivity contribution >= 4 is 35.4 Å². The first kappa shape index (κ1) is 19.6. The largest absolute Gasteiger partial charge is 0.348 e. The van der Waals surface area contributed by atoms with Gasteiger partial charge in [0.1, 0.15) is 6.54 Å². The maximum absolute atomic E-state index is 12.5. The molecule has 0 radical (unpaired) electrons. The van der Waals surface area contributed by atoms with Crippen molar-refractivity contribution < 1.29 is 19.2 Å². The van der Waals surface area contributed by atoms with E-state index in [4.69, 9.17) is 11.6 Å². The van der Waals surface area contributed by atoms with Crippen LogP contribution >= 0.6 is 11.6 Å². The zero-order valence-corrected chi connectivity index (χ0v) is 15.8. The topological polar surface area (TPSA) is 86.8 Å².